The van der Waals surface area contributed by atoms with Crippen LogP contribution in [0.2, 0.25) is 0 Å². The summed E-state index contributed by atoms with van der Waals surface area (Å²) in [5.74, 6) is -0.515. The summed E-state index contributed by atoms with van der Waals surface area (Å²) in [4.78, 5) is 28.7. The van der Waals surface area contributed by atoms with Crippen molar-refractivity contribution in [2.24, 2.45) is 0 Å². The Labute approximate surface area is 114 Å². The van der Waals surface area contributed by atoms with Crippen molar-refractivity contribution in [2.45, 2.75) is 13.3 Å². The molecule has 0 fully saturated rings. The highest BCUT2D eigenvalue weighted by atomic mass is 79.9. The number of hydrogen-bond donors (Lipinski definition) is 0. The maximum atomic E-state index is 12.1. The molecule has 0 atom stereocenters. The van der Waals surface area contributed by atoms with E-state index in [1.165, 1.54) is 7.11 Å². The molecule has 0 aliphatic heterocycles. The van der Waals surface area contributed by atoms with Gasteiger partial charge in [-0.3, -0.25) is 9.59 Å². The van der Waals surface area contributed by atoms with E-state index in [0.29, 0.717) is 18.8 Å². The smallest absolute Gasteiger partial charge is 0.307 e. The van der Waals surface area contributed by atoms with E-state index < -0.39 is 0 Å². The predicted molar refractivity (Wildman–Crippen MR) is 70.1 cm³/mol. The number of rotatable bonds is 5. The van der Waals surface area contributed by atoms with Gasteiger partial charge in [0.2, 0.25) is 0 Å². The van der Waals surface area contributed by atoms with Gasteiger partial charge in [0.25, 0.3) is 5.91 Å². The molecule has 0 N–H and O–H groups in total. The van der Waals surface area contributed by atoms with Gasteiger partial charge in [-0.2, -0.15) is 0 Å². The minimum Gasteiger partial charge on any atom is -0.469 e. The van der Waals surface area contributed by atoms with Gasteiger partial charge in [0.05, 0.1) is 13.5 Å². The van der Waals surface area contributed by atoms with Crippen LogP contribution in [0.5, 0.6) is 0 Å². The lowest BCUT2D eigenvalue weighted by atomic mass is 10.3. The van der Waals surface area contributed by atoms with Gasteiger partial charge in [-0.25, -0.2) is 4.98 Å². The second-order valence-electron chi connectivity index (χ2n) is 3.57. The molecule has 18 heavy (non-hydrogen) atoms. The van der Waals surface area contributed by atoms with Crippen molar-refractivity contribution in [2.75, 3.05) is 20.2 Å². The molecular weight excluding hydrogens is 300 g/mol. The summed E-state index contributed by atoms with van der Waals surface area (Å²) < 4.78 is 5.36. The third kappa shape index (κ3) is 4.10. The number of esters is 1. The van der Waals surface area contributed by atoms with E-state index in [4.69, 9.17) is 0 Å². The fourth-order valence-electron chi connectivity index (χ4n) is 1.40. The number of nitrogens with zero attached hydrogens (tertiary/aromatic N) is 2. The summed E-state index contributed by atoms with van der Waals surface area (Å²) >= 11 is 3.26. The molecule has 0 unspecified atom stereocenters. The molecule has 5 nitrogen and oxygen atoms in total. The third-order valence-electron chi connectivity index (χ3n) is 2.43. The largest absolute Gasteiger partial charge is 0.469 e. The summed E-state index contributed by atoms with van der Waals surface area (Å²) in [6.45, 7) is 2.71. The molecule has 0 aromatic carbocycles. The van der Waals surface area contributed by atoms with Gasteiger partial charge in [0.1, 0.15) is 5.69 Å². The monoisotopic (exact) mass is 314 g/mol. The quantitative estimate of drug-likeness (QED) is 0.778. The number of hydrogen-bond acceptors (Lipinski definition) is 4. The fraction of sp³-hybridized carbons (Fsp3) is 0.417. The Morgan fingerprint density at radius 2 is 2.17 bits per heavy atom. The van der Waals surface area contributed by atoms with Gasteiger partial charge in [-0.15, -0.1) is 0 Å². The first-order valence-corrected chi connectivity index (χ1v) is 6.35. The van der Waals surface area contributed by atoms with Crippen molar-refractivity contribution < 1.29 is 14.3 Å². The van der Waals surface area contributed by atoms with Crippen molar-refractivity contribution in [3.05, 3.63) is 28.5 Å². The van der Waals surface area contributed by atoms with Crippen LogP contribution in [0.4, 0.5) is 0 Å². The van der Waals surface area contributed by atoms with Crippen LogP contribution < -0.4 is 0 Å². The van der Waals surface area contributed by atoms with E-state index in [-0.39, 0.29) is 18.3 Å². The Bertz CT molecular complexity index is 420. The molecule has 1 aromatic rings. The Balaban J connectivity index is 2.67. The first-order valence-electron chi connectivity index (χ1n) is 5.56. The van der Waals surface area contributed by atoms with E-state index >= 15 is 0 Å². The normalized spacial score (nSPS) is 9.94. The zero-order valence-corrected chi connectivity index (χ0v) is 11.9. The summed E-state index contributed by atoms with van der Waals surface area (Å²) in [5, 5.41) is 0. The van der Waals surface area contributed by atoms with E-state index in [1.54, 1.807) is 23.2 Å². The van der Waals surface area contributed by atoms with Gasteiger partial charge in [-0.05, 0) is 35.0 Å². The predicted octanol–water partition coefficient (Wildman–Crippen LogP) is 1.87. The molecule has 1 heterocycles. The molecule has 6 heteroatoms. The maximum absolute atomic E-state index is 12.1. The average Bonchev–Trinajstić information content (AvgIpc) is 2.39. The van der Waals surface area contributed by atoms with Crippen molar-refractivity contribution >= 4 is 27.8 Å². The maximum Gasteiger partial charge on any atom is 0.307 e. The zero-order chi connectivity index (χ0) is 13.5. The first kappa shape index (κ1) is 14.6. The molecule has 0 aliphatic rings. The summed E-state index contributed by atoms with van der Waals surface area (Å²) in [6.07, 6.45) is 1.76. The van der Waals surface area contributed by atoms with Crippen LogP contribution in [-0.2, 0) is 9.53 Å². The topological polar surface area (TPSA) is 59.5 Å². The van der Waals surface area contributed by atoms with Crippen molar-refractivity contribution in [3.63, 3.8) is 0 Å². The Kier molecular flexibility index (Phi) is 5.77. The fourth-order valence-corrected chi connectivity index (χ4v) is 1.63. The van der Waals surface area contributed by atoms with Crippen LogP contribution in [0.15, 0.2) is 22.8 Å². The molecule has 0 saturated heterocycles. The highest BCUT2D eigenvalue weighted by Crippen LogP contribution is 2.09. The highest BCUT2D eigenvalue weighted by Gasteiger charge is 2.16. The number of methoxy groups -OCH3 is 1. The summed E-state index contributed by atoms with van der Waals surface area (Å²) in [7, 11) is 1.33. The second-order valence-corrected chi connectivity index (χ2v) is 4.49. The van der Waals surface area contributed by atoms with Crippen LogP contribution in [0.1, 0.15) is 23.8 Å². The van der Waals surface area contributed by atoms with Crippen molar-refractivity contribution in [3.8, 4) is 0 Å². The number of amides is 1. The van der Waals surface area contributed by atoms with E-state index in [1.807, 2.05) is 6.92 Å². The van der Waals surface area contributed by atoms with E-state index in [9.17, 15) is 9.59 Å². The Hall–Kier alpha value is -1.43. The molecule has 98 valence electrons. The van der Waals surface area contributed by atoms with Crippen LogP contribution >= 0.6 is 15.9 Å². The van der Waals surface area contributed by atoms with Crippen LogP contribution in [0.3, 0.4) is 0 Å². The lowest BCUT2D eigenvalue weighted by Crippen LogP contribution is -2.33. The SMILES string of the molecule is CCN(CCC(=O)OC)C(=O)c1ccc(Br)cn1. The van der Waals surface area contributed by atoms with Gasteiger partial charge >= 0.3 is 5.97 Å². The molecule has 0 radical (unpaired) electrons. The van der Waals surface area contributed by atoms with E-state index in [2.05, 4.69) is 25.7 Å². The number of pyridine rings is 1. The van der Waals surface area contributed by atoms with Crippen molar-refractivity contribution in [1.82, 2.24) is 9.88 Å². The third-order valence-corrected chi connectivity index (χ3v) is 2.90. The number of carbonyl (C=O) groups is 2. The Morgan fingerprint density at radius 3 is 2.67 bits per heavy atom. The lowest BCUT2D eigenvalue weighted by Gasteiger charge is -2.19. The van der Waals surface area contributed by atoms with Gasteiger partial charge in [0, 0.05) is 23.8 Å². The molecule has 0 bridgehead atoms. The number of aromatic nitrogens is 1. The van der Waals surface area contributed by atoms with Crippen molar-refractivity contribution in [1.29, 1.82) is 0 Å². The van der Waals surface area contributed by atoms with Gasteiger partial charge in [0.15, 0.2) is 0 Å². The standard InChI is InChI=1S/C12H15BrN2O3/c1-3-15(7-6-11(16)18-2)12(17)10-5-4-9(13)8-14-10/h4-5,8H,3,6-7H2,1-2H3. The van der Waals surface area contributed by atoms with E-state index in [0.717, 1.165) is 4.47 Å². The molecule has 1 amide bonds. The zero-order valence-electron chi connectivity index (χ0n) is 10.4. The average molecular weight is 315 g/mol. The number of halogens is 1. The van der Waals surface area contributed by atoms with Crippen LogP contribution in [0, 0.1) is 0 Å². The second kappa shape index (κ2) is 7.10. The number of ether oxygens (including phenoxy) is 1. The summed E-state index contributed by atoms with van der Waals surface area (Å²) in [6, 6.07) is 3.40. The molecule has 1 aromatic heterocycles. The van der Waals surface area contributed by atoms with Crippen LogP contribution in [0.25, 0.3) is 0 Å². The molecule has 0 aliphatic carbocycles. The Morgan fingerprint density at radius 1 is 1.44 bits per heavy atom. The lowest BCUT2D eigenvalue weighted by molar-refractivity contribution is -0.140. The van der Waals surface area contributed by atoms with Crippen LogP contribution in [-0.4, -0.2) is 42.0 Å². The first-order chi connectivity index (χ1) is 8.58. The molecule has 1 rings (SSSR count). The minimum atomic E-state index is -0.329. The molecule has 0 saturated carbocycles. The van der Waals surface area contributed by atoms with Gasteiger partial charge < -0.3 is 9.64 Å². The van der Waals surface area contributed by atoms with Gasteiger partial charge in [-0.1, -0.05) is 0 Å². The summed E-state index contributed by atoms with van der Waals surface area (Å²) in [5.41, 5.74) is 0.366. The minimum absolute atomic E-state index is 0.186. The highest BCUT2D eigenvalue weighted by molar-refractivity contribution is 9.10. The molecular formula is C12H15BrN2O3. The molecule has 0 spiro atoms. The number of carbonyl (C=O) groups excluding carboxylic acids is 2.